The van der Waals surface area contributed by atoms with Crippen LogP contribution in [0.2, 0.25) is 0 Å². The third-order valence-electron chi connectivity index (χ3n) is 6.07. The number of rotatable bonds is 3. The highest BCUT2D eigenvalue weighted by Crippen LogP contribution is 2.32. The van der Waals surface area contributed by atoms with E-state index in [4.69, 9.17) is 13.9 Å². The van der Waals surface area contributed by atoms with Gasteiger partial charge in [-0.05, 0) is 63.9 Å². The Morgan fingerprint density at radius 2 is 2.07 bits per heavy atom. The first kappa shape index (κ1) is 19.9. The van der Waals surface area contributed by atoms with Crippen molar-refractivity contribution < 1.29 is 18.7 Å². The van der Waals surface area contributed by atoms with Gasteiger partial charge < -0.3 is 24.1 Å². The minimum Gasteiger partial charge on any atom is -0.480 e. The fourth-order valence-electron chi connectivity index (χ4n) is 4.29. The second kappa shape index (κ2) is 7.46. The van der Waals surface area contributed by atoms with Gasteiger partial charge in [0, 0.05) is 18.7 Å². The molecular formula is C22H28N2O5. The number of aryl methyl sites for hydroxylation is 2. The Bertz CT molecular complexity index is 1010. The van der Waals surface area contributed by atoms with Gasteiger partial charge in [0.2, 0.25) is 0 Å². The number of carbonyl (C=O) groups is 1. The molecule has 1 spiro atoms. The number of carbonyl (C=O) groups excluding carboxylic acids is 1. The van der Waals surface area contributed by atoms with E-state index in [1.54, 1.807) is 13.8 Å². The molecule has 0 saturated carbocycles. The second-order valence-corrected chi connectivity index (χ2v) is 8.25. The molecule has 2 atom stereocenters. The minimum absolute atomic E-state index is 0.0546. The van der Waals surface area contributed by atoms with Crippen LogP contribution in [0.1, 0.15) is 30.0 Å². The first-order valence-corrected chi connectivity index (χ1v) is 10.1. The highest BCUT2D eigenvalue weighted by atomic mass is 16.5. The lowest BCUT2D eigenvalue weighted by Crippen LogP contribution is -2.56. The maximum atomic E-state index is 13.1. The molecule has 7 heteroatoms. The summed E-state index contributed by atoms with van der Waals surface area (Å²) in [5.74, 6) is 0.511. The van der Waals surface area contributed by atoms with E-state index >= 15 is 0 Å². The first-order chi connectivity index (χ1) is 13.8. The molecule has 29 heavy (non-hydrogen) atoms. The highest BCUT2D eigenvalue weighted by molar-refractivity contribution is 5.89. The number of hydrogen-bond acceptors (Lipinski definition) is 6. The molecule has 3 heterocycles. The fraction of sp³-hybridized carbons (Fsp3) is 0.545. The molecule has 2 aliphatic rings. The van der Waals surface area contributed by atoms with E-state index in [-0.39, 0.29) is 17.1 Å². The van der Waals surface area contributed by atoms with Crippen molar-refractivity contribution in [3.63, 3.8) is 0 Å². The van der Waals surface area contributed by atoms with Gasteiger partial charge in [-0.15, -0.1) is 0 Å². The summed E-state index contributed by atoms with van der Waals surface area (Å²) in [6.07, 6.45) is 0.252. The van der Waals surface area contributed by atoms with Gasteiger partial charge in [-0.1, -0.05) is 0 Å². The van der Waals surface area contributed by atoms with Crippen molar-refractivity contribution in [3.8, 4) is 5.75 Å². The van der Waals surface area contributed by atoms with Crippen molar-refractivity contribution >= 4 is 16.9 Å². The lowest BCUT2D eigenvalue weighted by atomic mass is 10.0. The van der Waals surface area contributed by atoms with E-state index in [1.807, 2.05) is 30.9 Å². The summed E-state index contributed by atoms with van der Waals surface area (Å²) in [5.41, 5.74) is 2.12. The normalized spacial score (nSPS) is 23.0. The van der Waals surface area contributed by atoms with Crippen LogP contribution >= 0.6 is 0 Å². The third kappa shape index (κ3) is 3.65. The Morgan fingerprint density at radius 1 is 1.28 bits per heavy atom. The Kier molecular flexibility index (Phi) is 5.12. The smallest absolute Gasteiger partial charge is 0.339 e. The first-order valence-electron chi connectivity index (χ1n) is 10.1. The summed E-state index contributed by atoms with van der Waals surface area (Å²) in [6, 6.07) is 3.71. The monoisotopic (exact) mass is 400 g/mol. The van der Waals surface area contributed by atoms with E-state index in [9.17, 15) is 9.59 Å². The quantitative estimate of drug-likeness (QED) is 0.795. The molecular weight excluding hydrogens is 372 g/mol. The SMILES string of the molecule is Cc1cc(OC(C)C(=O)N2CCOC3(CCNC3)C2)c2c(C)c(C)c(=O)oc2c1. The van der Waals surface area contributed by atoms with E-state index < -0.39 is 6.10 Å². The van der Waals surface area contributed by atoms with Crippen LogP contribution in [-0.4, -0.2) is 55.3 Å². The standard InChI is InChI=1S/C22H28N2O5/c1-13-9-17(19-14(2)15(3)21(26)29-18(19)10-13)28-16(4)20(25)24-7-8-27-22(12-24)5-6-23-11-22/h9-10,16,23H,5-8,11-12H2,1-4H3. The van der Waals surface area contributed by atoms with Gasteiger partial charge in [-0.25, -0.2) is 4.79 Å². The van der Waals surface area contributed by atoms with Crippen LogP contribution in [0, 0.1) is 20.8 Å². The van der Waals surface area contributed by atoms with Crippen molar-refractivity contribution in [1.82, 2.24) is 10.2 Å². The summed E-state index contributed by atoms with van der Waals surface area (Å²) in [6.45, 7) is 10.7. The van der Waals surface area contributed by atoms with Crippen LogP contribution < -0.4 is 15.7 Å². The summed E-state index contributed by atoms with van der Waals surface area (Å²) >= 11 is 0. The van der Waals surface area contributed by atoms with Crippen LogP contribution in [-0.2, 0) is 9.53 Å². The average Bonchev–Trinajstić information content (AvgIpc) is 3.12. The molecule has 2 unspecified atom stereocenters. The number of ether oxygens (including phenoxy) is 2. The van der Waals surface area contributed by atoms with Crippen LogP contribution in [0.25, 0.3) is 11.0 Å². The molecule has 2 saturated heterocycles. The van der Waals surface area contributed by atoms with Crippen molar-refractivity contribution in [1.29, 1.82) is 0 Å². The number of benzene rings is 1. The minimum atomic E-state index is -0.656. The molecule has 7 nitrogen and oxygen atoms in total. The molecule has 2 fully saturated rings. The summed E-state index contributed by atoms with van der Waals surface area (Å²) in [7, 11) is 0. The van der Waals surface area contributed by atoms with Crippen molar-refractivity contribution in [2.75, 3.05) is 32.8 Å². The lowest BCUT2D eigenvalue weighted by Gasteiger charge is -2.40. The molecule has 0 bridgehead atoms. The van der Waals surface area contributed by atoms with Crippen molar-refractivity contribution in [2.45, 2.75) is 45.8 Å². The Labute approximate surface area is 170 Å². The van der Waals surface area contributed by atoms with Gasteiger partial charge in [0.05, 0.1) is 24.1 Å². The van der Waals surface area contributed by atoms with Crippen LogP contribution in [0.4, 0.5) is 0 Å². The molecule has 1 N–H and O–H groups in total. The molecule has 2 aliphatic heterocycles. The predicted octanol–water partition coefficient (Wildman–Crippen LogP) is 2.08. The Hall–Kier alpha value is -2.38. The molecule has 0 radical (unpaired) electrons. The maximum absolute atomic E-state index is 13.1. The van der Waals surface area contributed by atoms with Gasteiger partial charge in [0.15, 0.2) is 6.10 Å². The molecule has 2 aromatic rings. The fourth-order valence-corrected chi connectivity index (χ4v) is 4.29. The molecule has 156 valence electrons. The van der Waals surface area contributed by atoms with E-state index in [0.717, 1.165) is 36.0 Å². The molecule has 4 rings (SSSR count). The zero-order valence-electron chi connectivity index (χ0n) is 17.5. The number of hydrogen-bond donors (Lipinski definition) is 1. The molecule has 1 amide bonds. The van der Waals surface area contributed by atoms with E-state index in [1.165, 1.54) is 0 Å². The topological polar surface area (TPSA) is 81.0 Å². The third-order valence-corrected chi connectivity index (χ3v) is 6.07. The number of nitrogens with zero attached hydrogens (tertiary/aromatic N) is 1. The average molecular weight is 400 g/mol. The van der Waals surface area contributed by atoms with E-state index in [2.05, 4.69) is 5.32 Å². The van der Waals surface area contributed by atoms with Gasteiger partial charge in [-0.3, -0.25) is 4.79 Å². The van der Waals surface area contributed by atoms with Gasteiger partial charge in [-0.2, -0.15) is 0 Å². The summed E-state index contributed by atoms with van der Waals surface area (Å²) in [5, 5.41) is 4.07. The van der Waals surface area contributed by atoms with Crippen LogP contribution in [0.15, 0.2) is 21.3 Å². The van der Waals surface area contributed by atoms with Crippen LogP contribution in [0.5, 0.6) is 5.75 Å². The largest absolute Gasteiger partial charge is 0.480 e. The highest BCUT2D eigenvalue weighted by Gasteiger charge is 2.41. The van der Waals surface area contributed by atoms with Gasteiger partial charge >= 0.3 is 5.63 Å². The Morgan fingerprint density at radius 3 is 2.79 bits per heavy atom. The Balaban J connectivity index is 1.60. The van der Waals surface area contributed by atoms with Gasteiger partial charge in [0.1, 0.15) is 11.3 Å². The number of nitrogens with one attached hydrogen (secondary N) is 1. The van der Waals surface area contributed by atoms with E-state index in [0.29, 0.717) is 36.6 Å². The summed E-state index contributed by atoms with van der Waals surface area (Å²) in [4.78, 5) is 27.0. The van der Waals surface area contributed by atoms with Gasteiger partial charge in [0.25, 0.3) is 5.91 Å². The maximum Gasteiger partial charge on any atom is 0.339 e. The summed E-state index contributed by atoms with van der Waals surface area (Å²) < 4.78 is 17.6. The lowest BCUT2D eigenvalue weighted by molar-refractivity contribution is -0.153. The van der Waals surface area contributed by atoms with Crippen molar-refractivity contribution in [2.24, 2.45) is 0 Å². The second-order valence-electron chi connectivity index (χ2n) is 8.25. The van der Waals surface area contributed by atoms with Crippen LogP contribution in [0.3, 0.4) is 0 Å². The number of amides is 1. The zero-order valence-corrected chi connectivity index (χ0v) is 17.5. The molecule has 1 aromatic carbocycles. The number of morpholine rings is 1. The zero-order chi connectivity index (χ0) is 20.8. The predicted molar refractivity (Wildman–Crippen MR) is 110 cm³/mol. The molecule has 1 aromatic heterocycles. The van der Waals surface area contributed by atoms with Crippen molar-refractivity contribution in [3.05, 3.63) is 39.2 Å². The number of fused-ring (bicyclic) bond motifs is 1. The molecule has 0 aliphatic carbocycles.